The summed E-state index contributed by atoms with van der Waals surface area (Å²) in [7, 11) is 0. The topological polar surface area (TPSA) is 32.6 Å². The fourth-order valence-corrected chi connectivity index (χ4v) is 3.40. The van der Waals surface area contributed by atoms with Crippen molar-refractivity contribution < 1.29 is 5.21 Å². The number of hydrogen-bond acceptors (Lipinski definition) is 3. The van der Waals surface area contributed by atoms with Crippen molar-refractivity contribution in [1.29, 1.82) is 0 Å². The maximum Gasteiger partial charge on any atom is 0.0943 e. The van der Waals surface area contributed by atoms with Crippen molar-refractivity contribution in [3.63, 3.8) is 0 Å². The third-order valence-electron chi connectivity index (χ3n) is 3.14. The van der Waals surface area contributed by atoms with Crippen LogP contribution in [0.4, 0.5) is 0 Å². The van der Waals surface area contributed by atoms with E-state index in [1.807, 2.05) is 37.3 Å². The van der Waals surface area contributed by atoms with Gasteiger partial charge in [-0.2, -0.15) is 0 Å². The zero-order valence-electron chi connectivity index (χ0n) is 10.5. The van der Waals surface area contributed by atoms with Gasteiger partial charge in [0.05, 0.1) is 10.6 Å². The zero-order chi connectivity index (χ0) is 13.2. The lowest BCUT2D eigenvalue weighted by Crippen LogP contribution is -1.93. The molecule has 0 atom stereocenters. The van der Waals surface area contributed by atoms with E-state index in [2.05, 4.69) is 29.4 Å². The van der Waals surface area contributed by atoms with E-state index in [-0.39, 0.29) is 0 Å². The highest BCUT2D eigenvalue weighted by atomic mass is 32.1. The molecule has 2 nitrogen and oxygen atoms in total. The molecule has 0 saturated carbocycles. The van der Waals surface area contributed by atoms with Crippen molar-refractivity contribution >= 4 is 27.1 Å². The Kier molecular flexibility index (Phi) is 3.05. The van der Waals surface area contributed by atoms with Gasteiger partial charge >= 0.3 is 0 Å². The molecule has 1 N–H and O–H groups in total. The van der Waals surface area contributed by atoms with Crippen LogP contribution < -0.4 is 0 Å². The molecule has 0 aliphatic heterocycles. The van der Waals surface area contributed by atoms with Crippen molar-refractivity contribution in [3.8, 4) is 11.1 Å². The van der Waals surface area contributed by atoms with Crippen LogP contribution in [0.25, 0.3) is 21.2 Å². The van der Waals surface area contributed by atoms with Crippen LogP contribution in [0.5, 0.6) is 0 Å². The minimum atomic E-state index is 0.653. The Morgan fingerprint density at radius 2 is 1.68 bits per heavy atom. The van der Waals surface area contributed by atoms with Crippen LogP contribution in [0.1, 0.15) is 11.8 Å². The number of oxime groups is 1. The Hall–Kier alpha value is -2.13. The van der Waals surface area contributed by atoms with Gasteiger partial charge in [-0.15, -0.1) is 11.3 Å². The van der Waals surface area contributed by atoms with Crippen LogP contribution in [-0.2, 0) is 0 Å². The zero-order valence-corrected chi connectivity index (χ0v) is 11.3. The smallest absolute Gasteiger partial charge is 0.0943 e. The minimum absolute atomic E-state index is 0.653. The molecular formula is C16H13NOS. The number of hydrogen-bond donors (Lipinski definition) is 1. The van der Waals surface area contributed by atoms with Gasteiger partial charge in [-0.3, -0.25) is 0 Å². The van der Waals surface area contributed by atoms with Crippen LogP contribution in [0, 0.1) is 0 Å². The second kappa shape index (κ2) is 4.86. The fourth-order valence-electron chi connectivity index (χ4n) is 2.24. The number of fused-ring (bicyclic) bond motifs is 1. The maximum absolute atomic E-state index is 9.08. The van der Waals surface area contributed by atoms with Gasteiger partial charge in [-0.25, -0.2) is 0 Å². The predicted octanol–water partition coefficient (Wildman–Crippen LogP) is 4.77. The fraction of sp³-hybridized carbons (Fsp3) is 0.0625. The van der Waals surface area contributed by atoms with Crippen LogP contribution in [0.15, 0.2) is 59.8 Å². The standard InChI is InChI=1S/C16H13NOS/c1-11(17-18)16-15(12-7-3-2-4-8-12)13-9-5-6-10-14(13)19-16/h2-10,18H,1H3/b17-11+. The van der Waals surface area contributed by atoms with Crippen LogP contribution in [0.3, 0.4) is 0 Å². The molecule has 3 heteroatoms. The average Bonchev–Trinajstić information content (AvgIpc) is 2.86. The summed E-state index contributed by atoms with van der Waals surface area (Å²) in [5, 5.41) is 13.7. The van der Waals surface area contributed by atoms with E-state index in [0.29, 0.717) is 5.71 Å². The summed E-state index contributed by atoms with van der Waals surface area (Å²) in [5.74, 6) is 0. The Labute approximate surface area is 115 Å². The van der Waals surface area contributed by atoms with Gasteiger partial charge in [0, 0.05) is 15.6 Å². The SMILES string of the molecule is C/C(=N\O)c1sc2ccccc2c1-c1ccccc1. The first-order valence-corrected chi connectivity index (χ1v) is 6.89. The predicted molar refractivity (Wildman–Crippen MR) is 81.3 cm³/mol. The van der Waals surface area contributed by atoms with E-state index < -0.39 is 0 Å². The van der Waals surface area contributed by atoms with E-state index in [1.54, 1.807) is 11.3 Å². The summed E-state index contributed by atoms with van der Waals surface area (Å²) in [6.07, 6.45) is 0. The van der Waals surface area contributed by atoms with Gasteiger partial charge in [-0.05, 0) is 18.6 Å². The van der Waals surface area contributed by atoms with E-state index in [0.717, 1.165) is 16.0 Å². The molecule has 0 aliphatic rings. The monoisotopic (exact) mass is 267 g/mol. The largest absolute Gasteiger partial charge is 0.411 e. The molecule has 94 valence electrons. The normalized spacial score (nSPS) is 11.9. The first-order valence-electron chi connectivity index (χ1n) is 6.07. The quantitative estimate of drug-likeness (QED) is 0.405. The van der Waals surface area contributed by atoms with Crippen LogP contribution in [0.2, 0.25) is 0 Å². The van der Waals surface area contributed by atoms with Gasteiger partial charge in [-0.1, -0.05) is 53.7 Å². The van der Waals surface area contributed by atoms with Crippen LogP contribution >= 0.6 is 11.3 Å². The highest BCUT2D eigenvalue weighted by molar-refractivity contribution is 7.21. The van der Waals surface area contributed by atoms with Crippen molar-refractivity contribution in [1.82, 2.24) is 0 Å². The molecule has 0 fully saturated rings. The first kappa shape index (κ1) is 11.9. The molecule has 0 bridgehead atoms. The maximum atomic E-state index is 9.08. The number of thiophene rings is 1. The molecule has 0 saturated heterocycles. The lowest BCUT2D eigenvalue weighted by atomic mass is 10.0. The second-order valence-electron chi connectivity index (χ2n) is 4.35. The molecule has 0 aliphatic carbocycles. The Balaban J connectivity index is 2.37. The molecule has 0 amide bonds. The van der Waals surface area contributed by atoms with Gasteiger partial charge < -0.3 is 5.21 Å². The molecule has 3 rings (SSSR count). The lowest BCUT2D eigenvalue weighted by molar-refractivity contribution is 0.319. The third-order valence-corrected chi connectivity index (χ3v) is 4.42. The number of benzene rings is 2. The summed E-state index contributed by atoms with van der Waals surface area (Å²) >= 11 is 1.66. The van der Waals surface area contributed by atoms with Crippen LogP contribution in [-0.4, -0.2) is 10.9 Å². The molecule has 0 unspecified atom stereocenters. The highest BCUT2D eigenvalue weighted by Gasteiger charge is 2.15. The third kappa shape index (κ3) is 2.02. The molecule has 19 heavy (non-hydrogen) atoms. The Morgan fingerprint density at radius 1 is 1.00 bits per heavy atom. The van der Waals surface area contributed by atoms with Crippen molar-refractivity contribution in [2.75, 3.05) is 0 Å². The van der Waals surface area contributed by atoms with Crippen molar-refractivity contribution in [2.24, 2.45) is 5.16 Å². The Bertz CT molecular complexity index is 744. The summed E-state index contributed by atoms with van der Waals surface area (Å²) in [5.41, 5.74) is 2.95. The molecule has 1 aromatic heterocycles. The molecule has 0 radical (unpaired) electrons. The van der Waals surface area contributed by atoms with E-state index in [1.165, 1.54) is 10.1 Å². The number of rotatable bonds is 2. The van der Waals surface area contributed by atoms with Gasteiger partial charge in [0.2, 0.25) is 0 Å². The molecule has 1 heterocycles. The van der Waals surface area contributed by atoms with Gasteiger partial charge in [0.15, 0.2) is 0 Å². The number of nitrogens with zero attached hydrogens (tertiary/aromatic N) is 1. The summed E-state index contributed by atoms with van der Waals surface area (Å²) in [6.45, 7) is 1.83. The second-order valence-corrected chi connectivity index (χ2v) is 5.41. The minimum Gasteiger partial charge on any atom is -0.411 e. The van der Waals surface area contributed by atoms with Crippen molar-refractivity contribution in [2.45, 2.75) is 6.92 Å². The first-order chi connectivity index (χ1) is 9.31. The average molecular weight is 267 g/mol. The van der Waals surface area contributed by atoms with Crippen molar-refractivity contribution in [3.05, 3.63) is 59.5 Å². The summed E-state index contributed by atoms with van der Waals surface area (Å²) in [4.78, 5) is 1.02. The summed E-state index contributed by atoms with van der Waals surface area (Å²) < 4.78 is 1.21. The molecule has 0 spiro atoms. The van der Waals surface area contributed by atoms with E-state index in [9.17, 15) is 0 Å². The molecule has 2 aromatic carbocycles. The van der Waals surface area contributed by atoms with Gasteiger partial charge in [0.25, 0.3) is 0 Å². The molecule has 3 aromatic rings. The van der Waals surface area contributed by atoms with E-state index >= 15 is 0 Å². The summed E-state index contributed by atoms with van der Waals surface area (Å²) in [6, 6.07) is 18.5. The van der Waals surface area contributed by atoms with Gasteiger partial charge in [0.1, 0.15) is 0 Å². The lowest BCUT2D eigenvalue weighted by Gasteiger charge is -2.03. The Morgan fingerprint density at radius 3 is 2.42 bits per heavy atom. The molecular weight excluding hydrogens is 254 g/mol. The van der Waals surface area contributed by atoms with E-state index in [4.69, 9.17) is 5.21 Å². The highest BCUT2D eigenvalue weighted by Crippen LogP contribution is 2.38.